The summed E-state index contributed by atoms with van der Waals surface area (Å²) < 4.78 is 0. The molecule has 0 aliphatic heterocycles. The van der Waals surface area contributed by atoms with E-state index in [4.69, 9.17) is 6.57 Å². The van der Waals surface area contributed by atoms with Crippen molar-refractivity contribution < 1.29 is 4.79 Å². The van der Waals surface area contributed by atoms with Crippen LogP contribution in [0.25, 0.3) is 4.95 Å². The van der Waals surface area contributed by atoms with Crippen LogP contribution in [0.2, 0.25) is 0 Å². The molecule has 0 aromatic carbocycles. The van der Waals surface area contributed by atoms with Crippen LogP contribution in [0.1, 0.15) is 20.8 Å². The lowest BCUT2D eigenvalue weighted by molar-refractivity contribution is 0.209. The third-order valence-electron chi connectivity index (χ3n) is 1.43. The van der Waals surface area contributed by atoms with Gasteiger partial charge in [-0.25, -0.2) is 4.79 Å². The van der Waals surface area contributed by atoms with Crippen LogP contribution in [-0.4, -0.2) is 15.9 Å². The SMILES string of the molecule is [C-]#[N+]N(C=CC)C(=O)N(C=CC)C=CC. The average Bonchev–Trinajstić information content (AvgIpc) is 2.24. The van der Waals surface area contributed by atoms with Crippen LogP contribution in [-0.2, 0) is 0 Å². The first kappa shape index (κ1) is 13.0. The Bertz CT molecular complexity index is 311. The van der Waals surface area contributed by atoms with Crippen LogP contribution in [0.3, 0.4) is 0 Å². The fourth-order valence-electron chi connectivity index (χ4n) is 0.898. The minimum Gasteiger partial charge on any atom is -0.272 e. The van der Waals surface area contributed by atoms with Gasteiger partial charge in [0.15, 0.2) is 0 Å². The van der Waals surface area contributed by atoms with Gasteiger partial charge in [-0.3, -0.25) is 4.90 Å². The first-order valence-electron chi connectivity index (χ1n) is 4.58. The van der Waals surface area contributed by atoms with Crippen molar-refractivity contribution in [2.24, 2.45) is 0 Å². The minimum atomic E-state index is -0.403. The first-order valence-corrected chi connectivity index (χ1v) is 4.58. The molecule has 2 amide bonds. The van der Waals surface area contributed by atoms with Crippen LogP contribution >= 0.6 is 0 Å². The number of hydrogen-bond acceptors (Lipinski definition) is 1. The smallest absolute Gasteiger partial charge is 0.272 e. The number of carbonyl (C=O) groups excluding carboxylic acids is 1. The molecule has 0 radical (unpaired) electrons. The van der Waals surface area contributed by atoms with Gasteiger partial charge in [0.25, 0.3) is 0 Å². The molecule has 0 aliphatic carbocycles. The number of carbonyl (C=O) groups is 1. The summed E-state index contributed by atoms with van der Waals surface area (Å²) in [5, 5.41) is 0.944. The van der Waals surface area contributed by atoms with Crippen LogP contribution in [0.15, 0.2) is 36.8 Å². The highest BCUT2D eigenvalue weighted by Gasteiger charge is 2.19. The summed E-state index contributed by atoms with van der Waals surface area (Å²) in [4.78, 5) is 16.2. The van der Waals surface area contributed by atoms with Gasteiger partial charge in [0.05, 0.1) is 6.20 Å². The van der Waals surface area contributed by atoms with Crippen LogP contribution in [0.5, 0.6) is 0 Å². The monoisotopic (exact) mass is 205 g/mol. The number of hydrogen-bond donors (Lipinski definition) is 0. The molecule has 0 N–H and O–H groups in total. The largest absolute Gasteiger partial charge is 0.399 e. The number of rotatable bonds is 3. The third-order valence-corrected chi connectivity index (χ3v) is 1.43. The topological polar surface area (TPSA) is 27.9 Å². The Morgan fingerprint density at radius 3 is 1.87 bits per heavy atom. The van der Waals surface area contributed by atoms with E-state index in [0.29, 0.717) is 0 Å². The lowest BCUT2D eigenvalue weighted by Gasteiger charge is -2.13. The molecule has 0 saturated carbocycles. The normalized spacial score (nSPS) is 11.1. The summed E-state index contributed by atoms with van der Waals surface area (Å²) >= 11 is 0. The van der Waals surface area contributed by atoms with Crippen molar-refractivity contribution in [3.8, 4) is 0 Å². The van der Waals surface area contributed by atoms with Crippen molar-refractivity contribution in [2.45, 2.75) is 20.8 Å². The Kier molecular flexibility index (Phi) is 6.39. The Morgan fingerprint density at radius 2 is 1.53 bits per heavy atom. The fraction of sp³-hybridized carbons (Fsp3) is 0.273. The maximum Gasteiger partial charge on any atom is 0.399 e. The van der Waals surface area contributed by atoms with Crippen molar-refractivity contribution >= 4 is 6.03 Å². The number of urea groups is 1. The Morgan fingerprint density at radius 1 is 1.07 bits per heavy atom. The second-order valence-corrected chi connectivity index (χ2v) is 2.58. The van der Waals surface area contributed by atoms with Gasteiger partial charge in [-0.05, 0) is 20.8 Å². The van der Waals surface area contributed by atoms with Crippen LogP contribution in [0.4, 0.5) is 4.79 Å². The van der Waals surface area contributed by atoms with Crippen molar-refractivity contribution in [3.05, 3.63) is 48.4 Å². The lowest BCUT2D eigenvalue weighted by Crippen LogP contribution is -2.29. The van der Waals surface area contributed by atoms with Crippen LogP contribution in [0, 0.1) is 6.57 Å². The average molecular weight is 205 g/mol. The molecule has 4 heteroatoms. The van der Waals surface area contributed by atoms with Gasteiger partial charge in [0, 0.05) is 17.4 Å². The van der Waals surface area contributed by atoms with Crippen molar-refractivity contribution in [1.29, 1.82) is 0 Å². The van der Waals surface area contributed by atoms with Gasteiger partial charge in [-0.15, -0.1) is 4.95 Å². The van der Waals surface area contributed by atoms with E-state index in [9.17, 15) is 4.79 Å². The second-order valence-electron chi connectivity index (χ2n) is 2.58. The molecule has 0 unspecified atom stereocenters. The Hall–Kier alpha value is -2.02. The summed E-state index contributed by atoms with van der Waals surface area (Å²) in [6.45, 7) is 12.2. The maximum absolute atomic E-state index is 11.7. The molecule has 0 bridgehead atoms. The van der Waals surface area contributed by atoms with E-state index in [1.54, 1.807) is 37.6 Å². The van der Waals surface area contributed by atoms with Crippen molar-refractivity contribution in [3.63, 3.8) is 0 Å². The Labute approximate surface area is 90.6 Å². The molecule has 0 atom stereocenters. The molecule has 0 heterocycles. The van der Waals surface area contributed by atoms with Gasteiger partial charge < -0.3 is 0 Å². The standard InChI is InChI=1S/C11H15N3O/c1-5-8-13(9-6-2)11(15)14(12-4)10-7-3/h5-10H,1-3H3. The number of allylic oxidation sites excluding steroid dienone is 3. The molecule has 0 spiro atoms. The fourth-order valence-corrected chi connectivity index (χ4v) is 0.898. The highest BCUT2D eigenvalue weighted by atomic mass is 16.2. The maximum atomic E-state index is 11.7. The predicted octanol–water partition coefficient (Wildman–Crippen LogP) is 3.15. The molecular formula is C11H15N3O. The number of amides is 2. The van der Waals surface area contributed by atoms with E-state index in [1.807, 2.05) is 13.8 Å². The minimum absolute atomic E-state index is 0.403. The highest BCUT2D eigenvalue weighted by molar-refractivity contribution is 5.78. The number of nitrogens with zero attached hydrogens (tertiary/aromatic N) is 3. The molecule has 0 rings (SSSR count). The van der Waals surface area contributed by atoms with Gasteiger partial charge in [-0.1, -0.05) is 18.2 Å². The zero-order valence-corrected chi connectivity index (χ0v) is 9.21. The molecule has 15 heavy (non-hydrogen) atoms. The molecule has 80 valence electrons. The molecule has 0 saturated heterocycles. The second kappa shape index (κ2) is 7.39. The molecule has 4 nitrogen and oxygen atoms in total. The van der Waals surface area contributed by atoms with E-state index in [0.717, 1.165) is 5.01 Å². The molecule has 0 aliphatic rings. The van der Waals surface area contributed by atoms with E-state index < -0.39 is 6.03 Å². The summed E-state index contributed by atoms with van der Waals surface area (Å²) in [5.74, 6) is 0. The van der Waals surface area contributed by atoms with Gasteiger partial charge in [0.1, 0.15) is 0 Å². The van der Waals surface area contributed by atoms with Gasteiger partial charge in [0.2, 0.25) is 0 Å². The lowest BCUT2D eigenvalue weighted by atomic mass is 10.5. The highest BCUT2D eigenvalue weighted by Crippen LogP contribution is 2.03. The molecule has 0 aromatic rings. The predicted molar refractivity (Wildman–Crippen MR) is 60.1 cm³/mol. The summed E-state index contributed by atoms with van der Waals surface area (Å²) in [7, 11) is 0. The summed E-state index contributed by atoms with van der Waals surface area (Å²) in [5.41, 5.74) is 0. The molecular weight excluding hydrogens is 190 g/mol. The van der Waals surface area contributed by atoms with Gasteiger partial charge >= 0.3 is 6.03 Å². The van der Waals surface area contributed by atoms with E-state index in [-0.39, 0.29) is 0 Å². The molecule has 0 fully saturated rings. The summed E-state index contributed by atoms with van der Waals surface area (Å²) in [6, 6.07) is -0.403. The van der Waals surface area contributed by atoms with Crippen molar-refractivity contribution in [2.75, 3.05) is 0 Å². The Balaban J connectivity index is 4.84. The third kappa shape index (κ3) is 4.14. The van der Waals surface area contributed by atoms with E-state index in [2.05, 4.69) is 4.95 Å². The molecule has 0 aromatic heterocycles. The van der Waals surface area contributed by atoms with E-state index >= 15 is 0 Å². The summed E-state index contributed by atoms with van der Waals surface area (Å²) in [6.07, 6.45) is 9.73. The quantitative estimate of drug-likeness (QED) is 0.513. The van der Waals surface area contributed by atoms with Crippen LogP contribution < -0.4 is 0 Å². The zero-order chi connectivity index (χ0) is 11.7. The van der Waals surface area contributed by atoms with Gasteiger partial charge in [-0.2, -0.15) is 6.57 Å². The van der Waals surface area contributed by atoms with E-state index in [1.165, 1.54) is 11.1 Å². The zero-order valence-electron chi connectivity index (χ0n) is 9.21. The van der Waals surface area contributed by atoms with Crippen molar-refractivity contribution in [1.82, 2.24) is 9.91 Å². The first-order chi connectivity index (χ1) is 7.21.